The van der Waals surface area contributed by atoms with Crippen LogP contribution in [0.4, 0.5) is 10.1 Å². The van der Waals surface area contributed by atoms with Crippen molar-refractivity contribution in [3.05, 3.63) is 60.2 Å². The molecule has 0 radical (unpaired) electrons. The summed E-state index contributed by atoms with van der Waals surface area (Å²) in [5, 5.41) is 0. The molecule has 2 fully saturated rings. The molecule has 1 atom stereocenters. The number of halogens is 1. The van der Waals surface area contributed by atoms with Crippen LogP contribution in [0.3, 0.4) is 0 Å². The molecule has 0 bridgehead atoms. The minimum absolute atomic E-state index is 0.0659. The molecular weight excluding hydrogens is 363 g/mol. The van der Waals surface area contributed by atoms with E-state index in [1.807, 2.05) is 4.90 Å². The number of amides is 3. The molecule has 2 aromatic rings. The van der Waals surface area contributed by atoms with Gasteiger partial charge in [0, 0.05) is 44.1 Å². The topological polar surface area (TPSA) is 73.8 Å². The summed E-state index contributed by atoms with van der Waals surface area (Å²) in [5.41, 5.74) is 0.962. The van der Waals surface area contributed by atoms with Crippen molar-refractivity contribution >= 4 is 23.4 Å². The van der Waals surface area contributed by atoms with E-state index in [-0.39, 0.29) is 24.1 Å². The quantitative estimate of drug-likeness (QED) is 0.749. The smallest absolute Gasteiger partial charge is 0.254 e. The highest BCUT2D eigenvalue weighted by Gasteiger charge is 2.43. The van der Waals surface area contributed by atoms with Gasteiger partial charge in [0.05, 0.1) is 18.2 Å². The number of hydrogen-bond donors (Lipinski definition) is 0. The van der Waals surface area contributed by atoms with Crippen molar-refractivity contribution in [1.29, 1.82) is 0 Å². The van der Waals surface area contributed by atoms with Crippen molar-refractivity contribution in [2.75, 3.05) is 31.1 Å². The number of anilines is 1. The van der Waals surface area contributed by atoms with E-state index in [4.69, 9.17) is 0 Å². The lowest BCUT2D eigenvalue weighted by Gasteiger charge is -2.37. The van der Waals surface area contributed by atoms with Gasteiger partial charge in [0.1, 0.15) is 5.82 Å². The van der Waals surface area contributed by atoms with Crippen LogP contribution in [0.15, 0.2) is 48.8 Å². The second-order valence-corrected chi connectivity index (χ2v) is 6.83. The van der Waals surface area contributed by atoms with Crippen LogP contribution in [0, 0.1) is 5.82 Å². The van der Waals surface area contributed by atoms with Crippen LogP contribution >= 0.6 is 0 Å². The van der Waals surface area contributed by atoms with Gasteiger partial charge in [0.25, 0.3) is 11.8 Å². The van der Waals surface area contributed by atoms with Crippen LogP contribution in [0.2, 0.25) is 0 Å². The first kappa shape index (κ1) is 18.2. The van der Waals surface area contributed by atoms with Gasteiger partial charge in [0.15, 0.2) is 0 Å². The number of benzene rings is 1. The molecule has 2 aliphatic heterocycles. The van der Waals surface area contributed by atoms with Crippen LogP contribution in [0.5, 0.6) is 0 Å². The van der Waals surface area contributed by atoms with Gasteiger partial charge in [-0.1, -0.05) is 0 Å². The second-order valence-electron chi connectivity index (χ2n) is 6.83. The molecule has 28 heavy (non-hydrogen) atoms. The average molecular weight is 382 g/mol. The third-order valence-corrected chi connectivity index (χ3v) is 5.18. The Balaban J connectivity index is 1.41. The summed E-state index contributed by atoms with van der Waals surface area (Å²) in [4.78, 5) is 46.5. The van der Waals surface area contributed by atoms with Gasteiger partial charge in [-0.15, -0.1) is 0 Å². The first-order chi connectivity index (χ1) is 13.5. The van der Waals surface area contributed by atoms with Crippen LogP contribution < -0.4 is 4.90 Å². The Labute approximate surface area is 161 Å². The number of rotatable bonds is 3. The van der Waals surface area contributed by atoms with Crippen LogP contribution in [-0.4, -0.2) is 64.7 Å². The van der Waals surface area contributed by atoms with E-state index in [0.29, 0.717) is 37.4 Å². The molecule has 3 heterocycles. The minimum Gasteiger partial charge on any atom is -0.336 e. The maximum Gasteiger partial charge on any atom is 0.254 e. The maximum atomic E-state index is 13.1. The summed E-state index contributed by atoms with van der Waals surface area (Å²) in [7, 11) is 0. The van der Waals surface area contributed by atoms with Gasteiger partial charge >= 0.3 is 0 Å². The SMILES string of the molecule is O=C(c1ccncc1)N1CCN([C@@H]2CC(=O)N(c3ccc(F)cc3)C2=O)CC1. The normalized spacial score (nSPS) is 20.7. The van der Waals surface area contributed by atoms with Crippen LogP contribution in [0.1, 0.15) is 16.8 Å². The van der Waals surface area contributed by atoms with E-state index in [2.05, 4.69) is 4.98 Å². The molecular formula is C20H19FN4O3. The fraction of sp³-hybridized carbons (Fsp3) is 0.300. The number of nitrogens with zero attached hydrogens (tertiary/aromatic N) is 4. The summed E-state index contributed by atoms with van der Waals surface area (Å²) in [6.45, 7) is 1.99. The van der Waals surface area contributed by atoms with Gasteiger partial charge < -0.3 is 4.90 Å². The number of aromatic nitrogens is 1. The van der Waals surface area contributed by atoms with Gasteiger partial charge in [-0.3, -0.25) is 24.3 Å². The number of carbonyl (C=O) groups excluding carboxylic acids is 3. The van der Waals surface area contributed by atoms with Gasteiger partial charge in [0.2, 0.25) is 5.91 Å². The van der Waals surface area contributed by atoms with E-state index in [1.54, 1.807) is 29.4 Å². The highest BCUT2D eigenvalue weighted by molar-refractivity contribution is 6.22. The maximum absolute atomic E-state index is 13.1. The zero-order valence-corrected chi connectivity index (χ0v) is 15.1. The first-order valence-corrected chi connectivity index (χ1v) is 9.10. The Morgan fingerprint density at radius 1 is 0.964 bits per heavy atom. The third-order valence-electron chi connectivity index (χ3n) is 5.18. The molecule has 1 aromatic heterocycles. The summed E-state index contributed by atoms with van der Waals surface area (Å²) in [6, 6.07) is 8.12. The Bertz CT molecular complexity index is 895. The molecule has 2 saturated heterocycles. The third kappa shape index (κ3) is 3.38. The molecule has 0 unspecified atom stereocenters. The Kier molecular flexibility index (Phi) is 4.87. The monoisotopic (exact) mass is 382 g/mol. The summed E-state index contributed by atoms with van der Waals surface area (Å²) < 4.78 is 13.1. The number of carbonyl (C=O) groups is 3. The number of hydrogen-bond acceptors (Lipinski definition) is 5. The lowest BCUT2D eigenvalue weighted by atomic mass is 10.1. The van der Waals surface area contributed by atoms with Crippen molar-refractivity contribution in [3.63, 3.8) is 0 Å². The summed E-state index contributed by atoms with van der Waals surface area (Å²) in [6.07, 6.45) is 3.25. The lowest BCUT2D eigenvalue weighted by Crippen LogP contribution is -2.53. The van der Waals surface area contributed by atoms with E-state index >= 15 is 0 Å². The Morgan fingerprint density at radius 3 is 2.25 bits per heavy atom. The molecule has 144 valence electrons. The predicted octanol–water partition coefficient (Wildman–Crippen LogP) is 1.31. The van der Waals surface area contributed by atoms with Crippen LogP contribution in [-0.2, 0) is 9.59 Å². The molecule has 4 rings (SSSR count). The predicted molar refractivity (Wildman–Crippen MR) is 99.0 cm³/mol. The highest BCUT2D eigenvalue weighted by Crippen LogP contribution is 2.26. The van der Waals surface area contributed by atoms with Gasteiger partial charge in [-0.2, -0.15) is 0 Å². The van der Waals surface area contributed by atoms with E-state index in [9.17, 15) is 18.8 Å². The first-order valence-electron chi connectivity index (χ1n) is 9.10. The number of imide groups is 1. The Morgan fingerprint density at radius 2 is 1.61 bits per heavy atom. The zero-order chi connectivity index (χ0) is 19.7. The standard InChI is InChI=1S/C20H19FN4O3/c21-15-1-3-16(4-2-15)25-18(26)13-17(20(25)28)23-9-11-24(12-10-23)19(27)14-5-7-22-8-6-14/h1-8,17H,9-13H2/t17-/m1/s1. The summed E-state index contributed by atoms with van der Waals surface area (Å²) in [5.74, 6) is -1.08. The second kappa shape index (κ2) is 7.47. The fourth-order valence-corrected chi connectivity index (χ4v) is 3.68. The molecule has 0 N–H and O–H groups in total. The van der Waals surface area contributed by atoms with Crippen molar-refractivity contribution in [3.8, 4) is 0 Å². The van der Waals surface area contributed by atoms with E-state index < -0.39 is 11.9 Å². The van der Waals surface area contributed by atoms with Gasteiger partial charge in [-0.25, -0.2) is 9.29 Å². The highest BCUT2D eigenvalue weighted by atomic mass is 19.1. The molecule has 7 nitrogen and oxygen atoms in total. The number of pyridine rings is 1. The molecule has 2 aliphatic rings. The van der Waals surface area contributed by atoms with Gasteiger partial charge in [-0.05, 0) is 36.4 Å². The zero-order valence-electron chi connectivity index (χ0n) is 15.1. The molecule has 0 saturated carbocycles. The van der Waals surface area contributed by atoms with Crippen molar-refractivity contribution in [2.45, 2.75) is 12.5 Å². The molecule has 0 spiro atoms. The minimum atomic E-state index is -0.546. The van der Waals surface area contributed by atoms with Crippen molar-refractivity contribution < 1.29 is 18.8 Å². The number of piperazine rings is 1. The molecule has 8 heteroatoms. The molecule has 0 aliphatic carbocycles. The summed E-state index contributed by atoms with van der Waals surface area (Å²) >= 11 is 0. The lowest BCUT2D eigenvalue weighted by molar-refractivity contribution is -0.123. The largest absolute Gasteiger partial charge is 0.336 e. The average Bonchev–Trinajstić information content (AvgIpc) is 3.03. The van der Waals surface area contributed by atoms with E-state index in [0.717, 1.165) is 4.90 Å². The van der Waals surface area contributed by atoms with Crippen molar-refractivity contribution in [2.24, 2.45) is 0 Å². The fourth-order valence-electron chi connectivity index (χ4n) is 3.68. The molecule has 1 aromatic carbocycles. The van der Waals surface area contributed by atoms with Crippen LogP contribution in [0.25, 0.3) is 0 Å². The van der Waals surface area contributed by atoms with E-state index in [1.165, 1.54) is 24.3 Å². The Hall–Kier alpha value is -3.13. The molecule has 3 amide bonds. The van der Waals surface area contributed by atoms with Crippen molar-refractivity contribution in [1.82, 2.24) is 14.8 Å².